The second-order valence-corrected chi connectivity index (χ2v) is 7.22. The van der Waals surface area contributed by atoms with E-state index in [0.717, 1.165) is 6.07 Å². The number of ether oxygens (including phenoxy) is 2. The van der Waals surface area contributed by atoms with Crippen molar-refractivity contribution in [1.82, 2.24) is 0 Å². The van der Waals surface area contributed by atoms with Crippen LogP contribution >= 0.6 is 15.9 Å². The zero-order valence-corrected chi connectivity index (χ0v) is 18.1. The van der Waals surface area contributed by atoms with E-state index >= 15 is 0 Å². The predicted molar refractivity (Wildman–Crippen MR) is 121 cm³/mol. The molecule has 0 heterocycles. The third-order valence-electron chi connectivity index (χ3n) is 4.36. The Bertz CT molecular complexity index is 1240. The number of methoxy groups -OCH3 is 1. The normalized spacial score (nSPS) is 10.7. The van der Waals surface area contributed by atoms with E-state index in [1.165, 1.54) is 31.4 Å². The number of carbonyl (C=O) groups is 1. The van der Waals surface area contributed by atoms with Gasteiger partial charge in [-0.25, -0.2) is 4.79 Å². The van der Waals surface area contributed by atoms with Gasteiger partial charge in [-0.3, -0.25) is 20.2 Å². The van der Waals surface area contributed by atoms with E-state index in [1.54, 1.807) is 42.5 Å². The molecule has 3 aromatic carbocycles. The minimum absolute atomic E-state index is 0.198. The Balaban J connectivity index is 1.86. The van der Waals surface area contributed by atoms with Crippen LogP contribution < -0.4 is 9.47 Å². The van der Waals surface area contributed by atoms with E-state index in [9.17, 15) is 25.0 Å². The maximum absolute atomic E-state index is 12.4. The summed E-state index contributed by atoms with van der Waals surface area (Å²) >= 11 is 3.30. The van der Waals surface area contributed by atoms with Gasteiger partial charge in [-0.1, -0.05) is 24.3 Å². The zero-order chi connectivity index (χ0) is 23.3. The molecule has 0 atom stereocenters. The summed E-state index contributed by atoms with van der Waals surface area (Å²) in [6.07, 6.45) is 3.04. The van der Waals surface area contributed by atoms with Crippen LogP contribution in [0.25, 0.3) is 12.2 Å². The molecule has 0 unspecified atom stereocenters. The number of nitro groups is 2. The first kappa shape index (κ1) is 22.6. The Hall–Kier alpha value is -4.05. The minimum atomic E-state index is -0.695. The van der Waals surface area contributed by atoms with E-state index < -0.39 is 15.8 Å². The SMILES string of the molecule is COc1cc(C=Cc2ccc([N+](=O)[O-])cc2[N+](=O)[O-])ccc1OC(=O)c1ccccc1Br. The van der Waals surface area contributed by atoms with Crippen LogP contribution in [0.15, 0.2) is 65.1 Å². The number of non-ortho nitro benzene ring substituents is 1. The average Bonchev–Trinajstić information content (AvgIpc) is 2.78. The van der Waals surface area contributed by atoms with E-state index in [-0.39, 0.29) is 28.4 Å². The Morgan fingerprint density at radius 1 is 0.938 bits per heavy atom. The van der Waals surface area contributed by atoms with Crippen LogP contribution in [0.4, 0.5) is 11.4 Å². The fourth-order valence-corrected chi connectivity index (χ4v) is 3.23. The first-order valence-corrected chi connectivity index (χ1v) is 9.85. The Morgan fingerprint density at radius 3 is 2.34 bits per heavy atom. The van der Waals surface area contributed by atoms with Crippen LogP contribution in [0, 0.1) is 20.2 Å². The predicted octanol–water partition coefficient (Wildman–Crippen LogP) is 5.66. The summed E-state index contributed by atoms with van der Waals surface area (Å²) in [5, 5.41) is 22.1. The fraction of sp³-hybridized carbons (Fsp3) is 0.0455. The van der Waals surface area contributed by atoms with Crippen LogP contribution in [-0.4, -0.2) is 22.9 Å². The number of halogens is 1. The first-order valence-electron chi connectivity index (χ1n) is 9.06. The summed E-state index contributed by atoms with van der Waals surface area (Å²) < 4.78 is 11.3. The second-order valence-electron chi connectivity index (χ2n) is 6.37. The lowest BCUT2D eigenvalue weighted by molar-refractivity contribution is -0.394. The van der Waals surface area contributed by atoms with Gasteiger partial charge in [-0.05, 0) is 57.9 Å². The lowest BCUT2D eigenvalue weighted by Crippen LogP contribution is -2.10. The monoisotopic (exact) mass is 498 g/mol. The lowest BCUT2D eigenvalue weighted by atomic mass is 10.1. The molecule has 0 N–H and O–H groups in total. The van der Waals surface area contributed by atoms with Gasteiger partial charge in [0, 0.05) is 10.5 Å². The molecule has 0 saturated carbocycles. The van der Waals surface area contributed by atoms with Gasteiger partial charge in [-0.2, -0.15) is 0 Å². The number of nitro benzene ring substituents is 2. The molecule has 9 nitrogen and oxygen atoms in total. The van der Waals surface area contributed by atoms with Crippen LogP contribution in [0.3, 0.4) is 0 Å². The number of esters is 1. The molecule has 10 heteroatoms. The average molecular weight is 499 g/mol. The lowest BCUT2D eigenvalue weighted by Gasteiger charge is -2.10. The van der Waals surface area contributed by atoms with Crippen molar-refractivity contribution in [3.63, 3.8) is 0 Å². The molecule has 3 rings (SSSR count). The molecular weight excluding hydrogens is 484 g/mol. The molecule has 0 fully saturated rings. The standard InChI is InChI=1S/C22H15BrN2O7/c1-31-21-12-14(6-8-15-9-10-16(24(27)28)13-19(15)25(29)30)7-11-20(21)32-22(26)17-4-2-3-5-18(17)23/h2-13H,1H3. The molecule has 0 aromatic heterocycles. The van der Waals surface area contributed by atoms with Gasteiger partial charge < -0.3 is 9.47 Å². The summed E-state index contributed by atoms with van der Waals surface area (Å²) in [6, 6.07) is 15.0. The molecule has 0 aliphatic heterocycles. The van der Waals surface area contributed by atoms with E-state index in [0.29, 0.717) is 15.6 Å². The highest BCUT2D eigenvalue weighted by Gasteiger charge is 2.18. The molecule has 0 bridgehead atoms. The summed E-state index contributed by atoms with van der Waals surface area (Å²) in [6.45, 7) is 0. The van der Waals surface area contributed by atoms with Crippen LogP contribution in [0.5, 0.6) is 11.5 Å². The first-order chi connectivity index (χ1) is 15.3. The highest BCUT2D eigenvalue weighted by atomic mass is 79.9. The van der Waals surface area contributed by atoms with Crippen molar-refractivity contribution in [2.75, 3.05) is 7.11 Å². The second kappa shape index (κ2) is 9.84. The van der Waals surface area contributed by atoms with Crippen molar-refractivity contribution in [3.05, 3.63) is 102 Å². The Labute approximate surface area is 190 Å². The van der Waals surface area contributed by atoms with Gasteiger partial charge in [0.2, 0.25) is 0 Å². The van der Waals surface area contributed by atoms with Crippen molar-refractivity contribution >= 4 is 45.4 Å². The molecule has 3 aromatic rings. The highest BCUT2D eigenvalue weighted by Crippen LogP contribution is 2.31. The van der Waals surface area contributed by atoms with E-state index in [1.807, 2.05) is 0 Å². The van der Waals surface area contributed by atoms with Crippen molar-refractivity contribution in [3.8, 4) is 11.5 Å². The quantitative estimate of drug-likeness (QED) is 0.135. The number of nitrogens with zero attached hydrogens (tertiary/aromatic N) is 2. The molecule has 0 aliphatic carbocycles. The smallest absolute Gasteiger partial charge is 0.344 e. The summed E-state index contributed by atoms with van der Waals surface area (Å²) in [5.74, 6) is -0.0851. The molecule has 0 saturated heterocycles. The molecule has 0 radical (unpaired) electrons. The van der Waals surface area contributed by atoms with E-state index in [4.69, 9.17) is 9.47 Å². The number of rotatable bonds is 7. The number of carbonyl (C=O) groups excluding carboxylic acids is 1. The maximum Gasteiger partial charge on any atom is 0.344 e. The Morgan fingerprint density at radius 2 is 1.69 bits per heavy atom. The molecule has 0 aliphatic rings. The topological polar surface area (TPSA) is 122 Å². The Kier molecular flexibility index (Phi) is 6.96. The van der Waals surface area contributed by atoms with Gasteiger partial charge in [0.05, 0.1) is 34.1 Å². The fourth-order valence-electron chi connectivity index (χ4n) is 2.78. The molecule has 32 heavy (non-hydrogen) atoms. The number of benzene rings is 3. The zero-order valence-electron chi connectivity index (χ0n) is 16.6. The van der Waals surface area contributed by atoms with E-state index in [2.05, 4.69) is 15.9 Å². The third kappa shape index (κ3) is 5.16. The largest absolute Gasteiger partial charge is 0.493 e. The van der Waals surface area contributed by atoms with Crippen molar-refractivity contribution in [2.24, 2.45) is 0 Å². The van der Waals surface area contributed by atoms with Gasteiger partial charge in [-0.15, -0.1) is 0 Å². The van der Waals surface area contributed by atoms with Crippen LogP contribution in [-0.2, 0) is 0 Å². The maximum atomic E-state index is 12.4. The van der Waals surface area contributed by atoms with Gasteiger partial charge >= 0.3 is 5.97 Å². The third-order valence-corrected chi connectivity index (χ3v) is 5.05. The van der Waals surface area contributed by atoms with Gasteiger partial charge in [0.1, 0.15) is 0 Å². The van der Waals surface area contributed by atoms with Crippen LogP contribution in [0.2, 0.25) is 0 Å². The van der Waals surface area contributed by atoms with Crippen LogP contribution in [0.1, 0.15) is 21.5 Å². The molecule has 0 spiro atoms. The van der Waals surface area contributed by atoms with Gasteiger partial charge in [0.15, 0.2) is 11.5 Å². The number of hydrogen-bond acceptors (Lipinski definition) is 7. The van der Waals surface area contributed by atoms with Crippen molar-refractivity contribution < 1.29 is 24.1 Å². The minimum Gasteiger partial charge on any atom is -0.493 e. The number of hydrogen-bond donors (Lipinski definition) is 0. The van der Waals surface area contributed by atoms with Crippen molar-refractivity contribution in [2.45, 2.75) is 0 Å². The van der Waals surface area contributed by atoms with Crippen molar-refractivity contribution in [1.29, 1.82) is 0 Å². The summed E-state index contributed by atoms with van der Waals surface area (Å²) in [5.41, 5.74) is 0.399. The molecular formula is C22H15BrN2O7. The molecule has 162 valence electrons. The van der Waals surface area contributed by atoms with Gasteiger partial charge in [0.25, 0.3) is 11.4 Å². The highest BCUT2D eigenvalue weighted by molar-refractivity contribution is 9.10. The molecule has 0 amide bonds. The summed E-state index contributed by atoms with van der Waals surface area (Å²) in [7, 11) is 1.42. The summed E-state index contributed by atoms with van der Waals surface area (Å²) in [4.78, 5) is 33.2.